The molecular formula is C13H15Cl2N3. The number of halogens is 2. The molecule has 18 heavy (non-hydrogen) atoms. The molecule has 1 aliphatic carbocycles. The highest BCUT2D eigenvalue weighted by Crippen LogP contribution is 2.39. The van der Waals surface area contributed by atoms with Crippen LogP contribution in [-0.4, -0.2) is 16.0 Å². The molecule has 0 aliphatic heterocycles. The number of imidazole rings is 1. The van der Waals surface area contributed by atoms with Crippen molar-refractivity contribution in [3.63, 3.8) is 0 Å². The molecule has 1 aromatic heterocycles. The quantitative estimate of drug-likeness (QED) is 0.840. The summed E-state index contributed by atoms with van der Waals surface area (Å²) in [6.07, 6.45) is 3.26. The zero-order valence-electron chi connectivity index (χ0n) is 10.1. The zero-order valence-corrected chi connectivity index (χ0v) is 11.6. The van der Waals surface area contributed by atoms with Crippen LogP contribution in [0.15, 0.2) is 12.1 Å². The van der Waals surface area contributed by atoms with Gasteiger partial charge in [0.15, 0.2) is 0 Å². The van der Waals surface area contributed by atoms with Crippen LogP contribution in [0, 0.1) is 0 Å². The van der Waals surface area contributed by atoms with Crippen molar-refractivity contribution >= 4 is 34.2 Å². The lowest BCUT2D eigenvalue weighted by Crippen LogP contribution is -2.39. The summed E-state index contributed by atoms with van der Waals surface area (Å²) in [6.45, 7) is 2.17. The van der Waals surface area contributed by atoms with Crippen molar-refractivity contribution in [2.45, 2.75) is 37.6 Å². The fourth-order valence-corrected chi connectivity index (χ4v) is 3.08. The highest BCUT2D eigenvalue weighted by Gasteiger charge is 2.40. The summed E-state index contributed by atoms with van der Waals surface area (Å²) in [4.78, 5) is 7.98. The Hall–Kier alpha value is -0.770. The van der Waals surface area contributed by atoms with Gasteiger partial charge in [-0.25, -0.2) is 4.98 Å². The molecule has 3 nitrogen and oxygen atoms in total. The number of H-pyrrole nitrogens is 1. The summed E-state index contributed by atoms with van der Waals surface area (Å²) in [5, 5.41) is 1.07. The molecule has 2 aromatic rings. The van der Waals surface area contributed by atoms with Crippen molar-refractivity contribution < 1.29 is 0 Å². The molecule has 0 bridgehead atoms. The van der Waals surface area contributed by atoms with Crippen molar-refractivity contribution in [2.24, 2.45) is 5.73 Å². The third-order valence-electron chi connectivity index (χ3n) is 4.09. The Morgan fingerprint density at radius 3 is 2.78 bits per heavy atom. The smallest absolute Gasteiger partial charge is 0.114 e. The first-order chi connectivity index (χ1) is 8.50. The third kappa shape index (κ3) is 1.73. The molecule has 0 radical (unpaired) electrons. The van der Waals surface area contributed by atoms with Gasteiger partial charge < -0.3 is 10.7 Å². The summed E-state index contributed by atoms with van der Waals surface area (Å²) in [5.74, 6) is 0.945. The molecular weight excluding hydrogens is 269 g/mol. The Bertz CT molecular complexity index is 569. The Morgan fingerprint density at radius 1 is 1.39 bits per heavy atom. The number of aromatic nitrogens is 2. The van der Waals surface area contributed by atoms with Crippen LogP contribution in [0.4, 0.5) is 0 Å². The number of fused-ring (bicyclic) bond motifs is 1. The molecule has 1 aromatic carbocycles. The summed E-state index contributed by atoms with van der Waals surface area (Å²) < 4.78 is 0. The van der Waals surface area contributed by atoms with Crippen LogP contribution in [0.1, 0.15) is 32.0 Å². The monoisotopic (exact) mass is 283 g/mol. The first kappa shape index (κ1) is 12.3. The van der Waals surface area contributed by atoms with E-state index >= 15 is 0 Å². The molecule has 1 aliphatic rings. The molecule has 1 saturated carbocycles. The van der Waals surface area contributed by atoms with Gasteiger partial charge in [-0.2, -0.15) is 0 Å². The Labute approximate surface area is 116 Å². The summed E-state index contributed by atoms with van der Waals surface area (Å²) in [6, 6.07) is 3.77. The zero-order chi connectivity index (χ0) is 12.9. The van der Waals surface area contributed by atoms with Gasteiger partial charge in [0.1, 0.15) is 5.82 Å². The standard InChI is InChI=1S/C13H15Cl2N3/c1-13(4-2-3-11(13)16)12-17-9-5-7(14)8(15)6-10(9)18-12/h5-6,11H,2-4,16H2,1H3,(H,17,18). The minimum Gasteiger partial charge on any atom is -0.341 e. The maximum Gasteiger partial charge on any atom is 0.114 e. The first-order valence-corrected chi connectivity index (χ1v) is 6.87. The molecule has 1 fully saturated rings. The van der Waals surface area contributed by atoms with E-state index in [2.05, 4.69) is 16.9 Å². The van der Waals surface area contributed by atoms with E-state index in [1.165, 1.54) is 0 Å². The van der Waals surface area contributed by atoms with Crippen molar-refractivity contribution in [3.8, 4) is 0 Å². The van der Waals surface area contributed by atoms with E-state index in [0.717, 1.165) is 36.1 Å². The van der Waals surface area contributed by atoms with E-state index in [1.807, 2.05) is 6.07 Å². The largest absolute Gasteiger partial charge is 0.341 e. The Balaban J connectivity index is 2.14. The summed E-state index contributed by atoms with van der Waals surface area (Å²) in [7, 11) is 0. The highest BCUT2D eigenvalue weighted by atomic mass is 35.5. The molecule has 3 rings (SSSR count). The average molecular weight is 284 g/mol. The SMILES string of the molecule is CC1(c2nc3cc(Cl)c(Cl)cc3[nH]2)CCCC1N. The van der Waals surface area contributed by atoms with Crippen LogP contribution in [0.25, 0.3) is 11.0 Å². The molecule has 0 spiro atoms. The molecule has 0 amide bonds. The molecule has 0 saturated heterocycles. The molecule has 2 atom stereocenters. The summed E-state index contributed by atoms with van der Waals surface area (Å²) in [5.41, 5.74) is 7.91. The minimum atomic E-state index is -0.0715. The topological polar surface area (TPSA) is 54.7 Å². The van der Waals surface area contributed by atoms with E-state index < -0.39 is 0 Å². The Morgan fingerprint density at radius 2 is 2.11 bits per heavy atom. The fourth-order valence-electron chi connectivity index (χ4n) is 2.76. The third-order valence-corrected chi connectivity index (χ3v) is 4.82. The lowest BCUT2D eigenvalue weighted by atomic mass is 9.84. The van der Waals surface area contributed by atoms with Gasteiger partial charge in [0.05, 0.1) is 21.1 Å². The van der Waals surface area contributed by atoms with Crippen LogP contribution in [0.2, 0.25) is 10.0 Å². The van der Waals surface area contributed by atoms with E-state index in [1.54, 1.807) is 6.07 Å². The second-order valence-electron chi connectivity index (χ2n) is 5.29. The van der Waals surface area contributed by atoms with Crippen LogP contribution in [-0.2, 0) is 5.41 Å². The minimum absolute atomic E-state index is 0.0715. The summed E-state index contributed by atoms with van der Waals surface area (Å²) >= 11 is 12.0. The number of nitrogens with zero attached hydrogens (tertiary/aromatic N) is 1. The van der Waals surface area contributed by atoms with Crippen LogP contribution < -0.4 is 5.73 Å². The van der Waals surface area contributed by atoms with E-state index in [9.17, 15) is 0 Å². The fraction of sp³-hybridized carbons (Fsp3) is 0.462. The lowest BCUT2D eigenvalue weighted by molar-refractivity contribution is 0.409. The van der Waals surface area contributed by atoms with Gasteiger partial charge in [-0.15, -0.1) is 0 Å². The van der Waals surface area contributed by atoms with Crippen LogP contribution >= 0.6 is 23.2 Å². The molecule has 5 heteroatoms. The molecule has 2 unspecified atom stereocenters. The number of aromatic amines is 1. The number of nitrogens with two attached hydrogens (primary N) is 1. The average Bonchev–Trinajstić information content (AvgIpc) is 2.86. The van der Waals surface area contributed by atoms with Gasteiger partial charge in [-0.05, 0) is 25.0 Å². The number of hydrogen-bond acceptors (Lipinski definition) is 2. The second kappa shape index (κ2) is 4.12. The predicted octanol–water partition coefficient (Wildman–Crippen LogP) is 3.64. The number of hydrogen-bond donors (Lipinski definition) is 2. The number of rotatable bonds is 1. The number of benzene rings is 1. The number of nitrogens with one attached hydrogen (secondary N) is 1. The van der Waals surface area contributed by atoms with Gasteiger partial charge in [-0.1, -0.05) is 36.5 Å². The predicted molar refractivity (Wildman–Crippen MR) is 75.3 cm³/mol. The van der Waals surface area contributed by atoms with E-state index in [0.29, 0.717) is 10.0 Å². The second-order valence-corrected chi connectivity index (χ2v) is 6.10. The normalized spacial score (nSPS) is 28.1. The van der Waals surface area contributed by atoms with E-state index in [-0.39, 0.29) is 11.5 Å². The van der Waals surface area contributed by atoms with Crippen molar-refractivity contribution in [1.82, 2.24) is 9.97 Å². The maximum atomic E-state index is 6.21. The van der Waals surface area contributed by atoms with Crippen molar-refractivity contribution in [3.05, 3.63) is 28.0 Å². The van der Waals surface area contributed by atoms with Gasteiger partial charge in [-0.3, -0.25) is 0 Å². The maximum absolute atomic E-state index is 6.21. The van der Waals surface area contributed by atoms with Crippen LogP contribution in [0.3, 0.4) is 0 Å². The van der Waals surface area contributed by atoms with Crippen LogP contribution in [0.5, 0.6) is 0 Å². The first-order valence-electron chi connectivity index (χ1n) is 6.11. The van der Waals surface area contributed by atoms with E-state index in [4.69, 9.17) is 28.9 Å². The molecule has 96 valence electrons. The lowest BCUT2D eigenvalue weighted by Gasteiger charge is -2.26. The highest BCUT2D eigenvalue weighted by molar-refractivity contribution is 6.42. The van der Waals surface area contributed by atoms with Crippen molar-refractivity contribution in [2.75, 3.05) is 0 Å². The van der Waals surface area contributed by atoms with Gasteiger partial charge >= 0.3 is 0 Å². The molecule has 3 N–H and O–H groups in total. The van der Waals surface area contributed by atoms with Crippen molar-refractivity contribution in [1.29, 1.82) is 0 Å². The Kier molecular flexibility index (Phi) is 2.81. The van der Waals surface area contributed by atoms with Gasteiger partial charge in [0.2, 0.25) is 0 Å². The van der Waals surface area contributed by atoms with Gasteiger partial charge in [0.25, 0.3) is 0 Å². The molecule has 1 heterocycles. The van der Waals surface area contributed by atoms with Gasteiger partial charge in [0, 0.05) is 11.5 Å².